The zero-order valence-corrected chi connectivity index (χ0v) is 43.3. The monoisotopic (exact) mass is 974 g/mol. The molecule has 69 heavy (non-hydrogen) atoms. The van der Waals surface area contributed by atoms with E-state index in [0.29, 0.717) is 79.7 Å². The molecule has 6 bridgehead atoms. The standard InChI is InChI=1S/C54H87NO14/c1-30-10-13-40-33(4)43(58-46-52(40)37(30)16-22-49(7,61-46)64-67-52)19-25-55-36(28-56-26-20-44-34(5)41-14-11-31(2)38-17-23-50(8)62-47(59-44)53(38,41)68-65-50)29-57-27-21-45-35(6)42-15-12-32(3)39-18-24-51(9)63-48(60-45)54(39,42)69-66-51/h30-48,55H,10-29H2,1-9H3/t30-,31-,32-,33-,34-,35-,36?,37+,38+,39+,40+,41+,42+,43?,44?,45?,46-,47-,48-,49+,50+,51+,52-,53-,54-/m1/s1. The van der Waals surface area contributed by atoms with Crippen LogP contribution in [0.1, 0.15) is 159 Å². The third kappa shape index (κ3) is 7.95. The first-order valence-electron chi connectivity index (χ1n) is 28.1. The molecule has 15 fully saturated rings. The smallest absolute Gasteiger partial charge is 0.201 e. The summed E-state index contributed by atoms with van der Waals surface area (Å²) in [6, 6.07) is -0.0316. The number of hydrogen-bond acceptors (Lipinski definition) is 15. The summed E-state index contributed by atoms with van der Waals surface area (Å²) in [5.41, 5.74) is -1.68. The highest BCUT2D eigenvalue weighted by molar-refractivity contribution is 5.13. The second-order valence-corrected chi connectivity index (χ2v) is 25.5. The molecule has 3 spiro atoms. The van der Waals surface area contributed by atoms with Gasteiger partial charge in [-0.1, -0.05) is 41.5 Å². The lowest BCUT2D eigenvalue weighted by molar-refractivity contribution is -0.571. The number of rotatable bonds is 14. The number of fused-ring (bicyclic) bond motifs is 6. The van der Waals surface area contributed by atoms with Gasteiger partial charge < -0.3 is 43.2 Å². The average Bonchev–Trinajstić information content (AvgIpc) is 3.81. The lowest BCUT2D eigenvalue weighted by Crippen LogP contribution is -2.70. The summed E-state index contributed by atoms with van der Waals surface area (Å²) in [4.78, 5) is 37.6. The van der Waals surface area contributed by atoms with Crippen LogP contribution in [-0.2, 0) is 67.2 Å². The van der Waals surface area contributed by atoms with E-state index in [-0.39, 0.29) is 42.1 Å². The minimum Gasteiger partial charge on any atom is -0.380 e. The molecule has 3 unspecified atom stereocenters. The predicted octanol–water partition coefficient (Wildman–Crippen LogP) is 8.90. The Morgan fingerprint density at radius 3 is 1.14 bits per heavy atom. The van der Waals surface area contributed by atoms with Crippen LogP contribution in [0.4, 0.5) is 0 Å². The van der Waals surface area contributed by atoms with Crippen LogP contribution >= 0.6 is 0 Å². The Balaban J connectivity index is 0.696. The van der Waals surface area contributed by atoms with Crippen molar-refractivity contribution < 1.29 is 67.2 Å². The van der Waals surface area contributed by atoms with Crippen LogP contribution in [0.3, 0.4) is 0 Å². The summed E-state index contributed by atoms with van der Waals surface area (Å²) in [5.74, 6) is 2.04. The molecular weight excluding hydrogens is 887 g/mol. The van der Waals surface area contributed by atoms with Gasteiger partial charge >= 0.3 is 0 Å². The molecule has 12 heterocycles. The maximum atomic E-state index is 6.99. The van der Waals surface area contributed by atoms with Gasteiger partial charge in [-0.3, -0.25) is 0 Å². The Bertz CT molecular complexity index is 1760. The molecule has 12 aliphatic heterocycles. The van der Waals surface area contributed by atoms with Crippen LogP contribution in [0.15, 0.2) is 0 Å². The van der Waals surface area contributed by atoms with Crippen molar-refractivity contribution in [1.29, 1.82) is 0 Å². The molecular formula is C54H87NO14. The molecule has 3 saturated carbocycles. The summed E-state index contributed by atoms with van der Waals surface area (Å²) >= 11 is 0. The third-order valence-electron chi connectivity index (χ3n) is 21.5. The van der Waals surface area contributed by atoms with Crippen LogP contribution in [-0.4, -0.2) is 110 Å². The molecule has 3 aliphatic carbocycles. The largest absolute Gasteiger partial charge is 0.380 e. The van der Waals surface area contributed by atoms with Crippen molar-refractivity contribution in [2.45, 2.75) is 236 Å². The molecule has 0 radical (unpaired) electrons. The van der Waals surface area contributed by atoms with E-state index in [4.69, 9.17) is 67.2 Å². The van der Waals surface area contributed by atoms with Crippen LogP contribution in [0.2, 0.25) is 0 Å². The van der Waals surface area contributed by atoms with Gasteiger partial charge in [-0.05, 0) is 158 Å². The van der Waals surface area contributed by atoms with Crippen molar-refractivity contribution in [3.05, 3.63) is 0 Å². The molecule has 24 atom stereocenters. The second-order valence-electron chi connectivity index (χ2n) is 25.5. The van der Waals surface area contributed by atoms with E-state index < -0.39 is 53.0 Å². The first-order chi connectivity index (χ1) is 33.1. The van der Waals surface area contributed by atoms with E-state index in [1.807, 2.05) is 20.8 Å². The minimum absolute atomic E-state index is 0.00548. The second kappa shape index (κ2) is 18.3. The van der Waals surface area contributed by atoms with Crippen molar-refractivity contribution in [3.63, 3.8) is 0 Å². The molecule has 0 aromatic rings. The van der Waals surface area contributed by atoms with Gasteiger partial charge in [0.1, 0.15) is 0 Å². The molecule has 392 valence electrons. The van der Waals surface area contributed by atoms with Gasteiger partial charge in [0.25, 0.3) is 0 Å². The Hall–Kier alpha value is -0.600. The van der Waals surface area contributed by atoms with Gasteiger partial charge in [0, 0.05) is 50.2 Å². The molecule has 1 N–H and O–H groups in total. The molecule has 15 aliphatic rings. The van der Waals surface area contributed by atoms with E-state index >= 15 is 0 Å². The summed E-state index contributed by atoms with van der Waals surface area (Å²) in [7, 11) is 0. The van der Waals surface area contributed by atoms with E-state index in [0.717, 1.165) is 83.6 Å². The van der Waals surface area contributed by atoms with Crippen molar-refractivity contribution in [3.8, 4) is 0 Å². The molecule has 12 saturated heterocycles. The number of nitrogens with one attached hydrogen (secondary N) is 1. The fraction of sp³-hybridized carbons (Fsp3) is 1.00. The summed E-state index contributed by atoms with van der Waals surface area (Å²) in [5, 5.41) is 3.88. The maximum absolute atomic E-state index is 6.99. The van der Waals surface area contributed by atoms with Crippen LogP contribution in [0.25, 0.3) is 0 Å². The molecule has 15 rings (SSSR count). The lowest BCUT2D eigenvalue weighted by Gasteiger charge is -2.60. The van der Waals surface area contributed by atoms with E-state index in [1.54, 1.807) is 0 Å². The normalized spacial score (nSPS) is 56.3. The highest BCUT2D eigenvalue weighted by Gasteiger charge is 2.72. The molecule has 15 heteroatoms. The highest BCUT2D eigenvalue weighted by atomic mass is 17.3. The van der Waals surface area contributed by atoms with Gasteiger partial charge in [-0.2, -0.15) is 0 Å². The van der Waals surface area contributed by atoms with Gasteiger partial charge in [0.15, 0.2) is 35.7 Å². The lowest BCUT2D eigenvalue weighted by atomic mass is 9.57. The van der Waals surface area contributed by atoms with E-state index in [9.17, 15) is 0 Å². The van der Waals surface area contributed by atoms with Gasteiger partial charge in [0.2, 0.25) is 17.4 Å². The number of hydrogen-bond donors (Lipinski definition) is 1. The van der Waals surface area contributed by atoms with Gasteiger partial charge in [-0.25, -0.2) is 29.3 Å². The van der Waals surface area contributed by atoms with Crippen LogP contribution in [0.5, 0.6) is 0 Å². The fourth-order valence-corrected chi connectivity index (χ4v) is 17.4. The average molecular weight is 974 g/mol. The van der Waals surface area contributed by atoms with Crippen molar-refractivity contribution in [1.82, 2.24) is 5.32 Å². The van der Waals surface area contributed by atoms with Crippen LogP contribution in [0, 0.1) is 71.0 Å². The highest BCUT2D eigenvalue weighted by Crippen LogP contribution is 2.64. The predicted molar refractivity (Wildman–Crippen MR) is 248 cm³/mol. The fourth-order valence-electron chi connectivity index (χ4n) is 17.4. The molecule has 0 aromatic heterocycles. The number of ether oxygens (including phenoxy) is 8. The zero-order chi connectivity index (χ0) is 47.7. The Kier molecular flexibility index (Phi) is 13.1. The van der Waals surface area contributed by atoms with Crippen molar-refractivity contribution in [2.24, 2.45) is 71.0 Å². The third-order valence-corrected chi connectivity index (χ3v) is 21.5. The molecule has 0 aromatic carbocycles. The molecule has 0 amide bonds. The quantitative estimate of drug-likeness (QED) is 0.131. The van der Waals surface area contributed by atoms with E-state index in [2.05, 4.69) is 46.9 Å². The summed E-state index contributed by atoms with van der Waals surface area (Å²) < 4.78 is 54.1. The Morgan fingerprint density at radius 2 is 0.783 bits per heavy atom. The molecule has 15 nitrogen and oxygen atoms in total. The Labute approximate surface area is 411 Å². The van der Waals surface area contributed by atoms with E-state index in [1.165, 1.54) is 19.3 Å². The summed E-state index contributed by atoms with van der Waals surface area (Å²) in [6.45, 7) is 23.0. The first-order valence-corrected chi connectivity index (χ1v) is 28.1. The van der Waals surface area contributed by atoms with Crippen molar-refractivity contribution >= 4 is 0 Å². The van der Waals surface area contributed by atoms with Crippen molar-refractivity contribution in [2.75, 3.05) is 33.0 Å². The SMILES string of the molecule is C[C@@H]1CC[C@H]2[C@@H](C)C(CCNC(COCCC3O[C@@H]4O[C@]5(C)CC[C@H]6[C@H](C)CC[C@@H]([C@H]3C)[C@@]46OO5)COCCC3O[C@@H]4O[C@]5(C)CC[C@H]6[C@H](C)CC[C@@H]([C@H]3C)[C@@]46OO5)O[C@@H]3O[C@]4(C)CC[C@@H]1[C@]32OO4. The summed E-state index contributed by atoms with van der Waals surface area (Å²) in [6.07, 6.45) is 13.4. The topological polar surface area (TPSA) is 141 Å². The first kappa shape index (κ1) is 49.3. The minimum atomic E-state index is -0.787. The Morgan fingerprint density at radius 1 is 0.435 bits per heavy atom. The van der Waals surface area contributed by atoms with Gasteiger partial charge in [0.05, 0.1) is 37.6 Å². The zero-order valence-electron chi connectivity index (χ0n) is 43.3. The van der Waals surface area contributed by atoms with Gasteiger partial charge in [-0.15, -0.1) is 0 Å². The van der Waals surface area contributed by atoms with Crippen LogP contribution < -0.4 is 5.32 Å². The maximum Gasteiger partial charge on any atom is 0.201 e.